The van der Waals surface area contributed by atoms with E-state index in [1.807, 2.05) is 24.3 Å². The maximum Gasteiger partial charge on any atom is 0.243 e. The standard InChI is InChI=1S/C20H24Cl2N2O2/c1-2-3-4-5-11-26-17-8-6-7-16(12-17)24-20(25)14-23-15-9-10-18(21)19(22)13-15/h6-10,12-13,23H,2-5,11,14H2,1H3,(H,24,25). The van der Waals surface area contributed by atoms with Crippen LogP contribution in [0.4, 0.5) is 11.4 Å². The van der Waals surface area contributed by atoms with Gasteiger partial charge in [-0.3, -0.25) is 4.79 Å². The normalized spacial score (nSPS) is 10.4. The Labute approximate surface area is 164 Å². The Bertz CT molecular complexity index is 723. The van der Waals surface area contributed by atoms with Gasteiger partial charge in [0.05, 0.1) is 23.2 Å². The molecule has 4 nitrogen and oxygen atoms in total. The molecule has 0 fully saturated rings. The molecule has 0 aliphatic heterocycles. The van der Waals surface area contributed by atoms with Crippen LogP contribution in [0.3, 0.4) is 0 Å². The maximum atomic E-state index is 12.1. The number of amides is 1. The molecule has 0 bridgehead atoms. The summed E-state index contributed by atoms with van der Waals surface area (Å²) < 4.78 is 5.73. The Balaban J connectivity index is 1.79. The Hall–Kier alpha value is -1.91. The zero-order chi connectivity index (χ0) is 18.8. The number of halogens is 2. The first kappa shape index (κ1) is 20.4. The van der Waals surface area contributed by atoms with Crippen molar-refractivity contribution in [1.82, 2.24) is 0 Å². The molecule has 2 aromatic rings. The van der Waals surface area contributed by atoms with Crippen LogP contribution in [0.25, 0.3) is 0 Å². The van der Waals surface area contributed by atoms with Crippen LogP contribution in [-0.4, -0.2) is 19.1 Å². The second-order valence-corrected chi connectivity index (χ2v) is 6.78. The first-order valence-corrected chi connectivity index (χ1v) is 9.55. The summed E-state index contributed by atoms with van der Waals surface area (Å²) in [6.45, 7) is 3.00. The van der Waals surface area contributed by atoms with Crippen LogP contribution in [0, 0.1) is 0 Å². The third-order valence-corrected chi connectivity index (χ3v) is 4.50. The van der Waals surface area contributed by atoms with Gasteiger partial charge >= 0.3 is 0 Å². The van der Waals surface area contributed by atoms with Crippen molar-refractivity contribution in [2.75, 3.05) is 23.8 Å². The molecule has 0 aromatic heterocycles. The van der Waals surface area contributed by atoms with Gasteiger partial charge in [-0.2, -0.15) is 0 Å². The smallest absolute Gasteiger partial charge is 0.243 e. The van der Waals surface area contributed by atoms with Gasteiger partial charge < -0.3 is 15.4 Å². The van der Waals surface area contributed by atoms with Gasteiger partial charge in [0.25, 0.3) is 0 Å². The van der Waals surface area contributed by atoms with E-state index in [0.29, 0.717) is 22.3 Å². The van der Waals surface area contributed by atoms with Crippen LogP contribution >= 0.6 is 23.2 Å². The molecule has 2 N–H and O–H groups in total. The van der Waals surface area contributed by atoms with E-state index in [-0.39, 0.29) is 12.5 Å². The molecule has 2 rings (SSSR count). The summed E-state index contributed by atoms with van der Waals surface area (Å²) in [5.41, 5.74) is 1.44. The fraction of sp³-hybridized carbons (Fsp3) is 0.350. The Morgan fingerprint density at radius 2 is 1.85 bits per heavy atom. The van der Waals surface area contributed by atoms with E-state index in [2.05, 4.69) is 17.6 Å². The van der Waals surface area contributed by atoms with Crippen molar-refractivity contribution < 1.29 is 9.53 Å². The lowest BCUT2D eigenvalue weighted by Gasteiger charge is -2.10. The summed E-state index contributed by atoms with van der Waals surface area (Å²) in [7, 11) is 0. The predicted octanol–water partition coefficient (Wildman–Crippen LogP) is 6.00. The minimum absolute atomic E-state index is 0.125. The molecule has 1 amide bonds. The van der Waals surface area contributed by atoms with Gasteiger partial charge in [-0.25, -0.2) is 0 Å². The Kier molecular flexibility index (Phi) is 8.59. The van der Waals surface area contributed by atoms with Crippen molar-refractivity contribution in [3.8, 4) is 5.75 Å². The lowest BCUT2D eigenvalue weighted by molar-refractivity contribution is -0.114. The quantitative estimate of drug-likeness (QED) is 0.485. The summed E-state index contributed by atoms with van der Waals surface area (Å²) in [5.74, 6) is 0.605. The van der Waals surface area contributed by atoms with Gasteiger partial charge in [0, 0.05) is 17.4 Å². The van der Waals surface area contributed by atoms with Crippen LogP contribution in [0.15, 0.2) is 42.5 Å². The molecule has 26 heavy (non-hydrogen) atoms. The molecule has 6 heteroatoms. The zero-order valence-electron chi connectivity index (χ0n) is 14.9. The van der Waals surface area contributed by atoms with E-state index < -0.39 is 0 Å². The van der Waals surface area contributed by atoms with Gasteiger partial charge in [-0.05, 0) is 36.8 Å². The maximum absolute atomic E-state index is 12.1. The first-order chi connectivity index (χ1) is 12.6. The number of rotatable bonds is 10. The number of unbranched alkanes of at least 4 members (excludes halogenated alkanes) is 3. The first-order valence-electron chi connectivity index (χ1n) is 8.80. The van der Waals surface area contributed by atoms with Crippen LogP contribution in [0.2, 0.25) is 10.0 Å². The fourth-order valence-corrected chi connectivity index (χ4v) is 2.67. The molecule has 0 aliphatic rings. The van der Waals surface area contributed by atoms with Crippen LogP contribution in [0.5, 0.6) is 5.75 Å². The average Bonchev–Trinajstić information content (AvgIpc) is 2.63. The number of hydrogen-bond acceptors (Lipinski definition) is 3. The molecule has 0 saturated carbocycles. The number of carbonyl (C=O) groups excluding carboxylic acids is 1. The van der Waals surface area contributed by atoms with Crippen molar-refractivity contribution >= 4 is 40.5 Å². The summed E-state index contributed by atoms with van der Waals surface area (Å²) in [6, 6.07) is 12.6. The van der Waals surface area contributed by atoms with Crippen molar-refractivity contribution in [1.29, 1.82) is 0 Å². The highest BCUT2D eigenvalue weighted by molar-refractivity contribution is 6.42. The second kappa shape index (κ2) is 10.9. The van der Waals surface area contributed by atoms with Crippen LogP contribution in [-0.2, 0) is 4.79 Å². The third-order valence-electron chi connectivity index (χ3n) is 3.76. The van der Waals surface area contributed by atoms with E-state index in [4.69, 9.17) is 27.9 Å². The SMILES string of the molecule is CCCCCCOc1cccc(NC(=O)CNc2ccc(Cl)c(Cl)c2)c1. The van der Waals surface area contributed by atoms with Crippen molar-refractivity contribution in [2.24, 2.45) is 0 Å². The second-order valence-electron chi connectivity index (χ2n) is 5.97. The van der Waals surface area contributed by atoms with Crippen molar-refractivity contribution in [3.05, 3.63) is 52.5 Å². The van der Waals surface area contributed by atoms with Crippen molar-refractivity contribution in [2.45, 2.75) is 32.6 Å². The van der Waals surface area contributed by atoms with E-state index >= 15 is 0 Å². The lowest BCUT2D eigenvalue weighted by Crippen LogP contribution is -2.21. The van der Waals surface area contributed by atoms with E-state index in [0.717, 1.165) is 17.9 Å². The largest absolute Gasteiger partial charge is 0.494 e. The lowest BCUT2D eigenvalue weighted by atomic mass is 10.2. The summed E-state index contributed by atoms with van der Waals surface area (Å²) >= 11 is 11.8. The fourth-order valence-electron chi connectivity index (χ4n) is 2.38. The Morgan fingerprint density at radius 3 is 2.62 bits per heavy atom. The molecule has 0 atom stereocenters. The van der Waals surface area contributed by atoms with Gasteiger partial charge in [-0.15, -0.1) is 0 Å². The van der Waals surface area contributed by atoms with Gasteiger partial charge in [-0.1, -0.05) is 55.5 Å². The van der Waals surface area contributed by atoms with Gasteiger partial charge in [0.15, 0.2) is 0 Å². The minimum atomic E-state index is -0.156. The predicted molar refractivity (Wildman–Crippen MR) is 110 cm³/mol. The van der Waals surface area contributed by atoms with E-state index in [9.17, 15) is 4.79 Å². The van der Waals surface area contributed by atoms with Crippen molar-refractivity contribution in [3.63, 3.8) is 0 Å². The average molecular weight is 395 g/mol. The third kappa shape index (κ3) is 7.14. The Morgan fingerprint density at radius 1 is 1.00 bits per heavy atom. The number of benzene rings is 2. The minimum Gasteiger partial charge on any atom is -0.494 e. The highest BCUT2D eigenvalue weighted by Gasteiger charge is 2.05. The topological polar surface area (TPSA) is 50.4 Å². The highest BCUT2D eigenvalue weighted by Crippen LogP contribution is 2.25. The molecule has 0 radical (unpaired) electrons. The van der Waals surface area contributed by atoms with E-state index in [1.165, 1.54) is 19.3 Å². The van der Waals surface area contributed by atoms with Gasteiger partial charge in [0.1, 0.15) is 5.75 Å². The number of hydrogen-bond donors (Lipinski definition) is 2. The molecular weight excluding hydrogens is 371 g/mol. The molecule has 0 saturated heterocycles. The zero-order valence-corrected chi connectivity index (χ0v) is 16.4. The number of anilines is 2. The summed E-state index contributed by atoms with van der Waals surface area (Å²) in [4.78, 5) is 12.1. The molecule has 0 unspecified atom stereocenters. The monoisotopic (exact) mass is 394 g/mol. The number of carbonyl (C=O) groups is 1. The van der Waals surface area contributed by atoms with E-state index in [1.54, 1.807) is 18.2 Å². The molecular formula is C20H24Cl2N2O2. The highest BCUT2D eigenvalue weighted by atomic mass is 35.5. The summed E-state index contributed by atoms with van der Waals surface area (Å²) in [5, 5.41) is 6.79. The molecule has 2 aromatic carbocycles. The molecule has 0 spiro atoms. The number of ether oxygens (including phenoxy) is 1. The molecule has 0 heterocycles. The summed E-state index contributed by atoms with van der Waals surface area (Å²) in [6.07, 6.45) is 4.65. The molecule has 0 aliphatic carbocycles. The molecule has 140 valence electrons. The van der Waals surface area contributed by atoms with Gasteiger partial charge in [0.2, 0.25) is 5.91 Å². The van der Waals surface area contributed by atoms with Crippen LogP contribution < -0.4 is 15.4 Å². The number of nitrogens with one attached hydrogen (secondary N) is 2. The van der Waals surface area contributed by atoms with Crippen LogP contribution in [0.1, 0.15) is 32.6 Å².